The third kappa shape index (κ3) is 3.87. The van der Waals surface area contributed by atoms with Gasteiger partial charge in [-0.15, -0.1) is 11.3 Å². The summed E-state index contributed by atoms with van der Waals surface area (Å²) in [5, 5.41) is 3.06. The predicted molar refractivity (Wildman–Crippen MR) is 80.6 cm³/mol. The summed E-state index contributed by atoms with van der Waals surface area (Å²) in [5.41, 5.74) is 1.89. The van der Waals surface area contributed by atoms with Gasteiger partial charge in [-0.3, -0.25) is 9.78 Å². The molecule has 2 heterocycles. The summed E-state index contributed by atoms with van der Waals surface area (Å²) in [6, 6.07) is 3.85. The maximum atomic E-state index is 12.2. The normalized spacial score (nSPS) is 10.8. The SMILES string of the molecule is CC(C)c1nc(CC(=O)N(C)Cc2cccnc2)cs1. The average molecular weight is 289 g/mol. The van der Waals surface area contributed by atoms with E-state index in [0.29, 0.717) is 18.9 Å². The molecule has 0 atom stereocenters. The summed E-state index contributed by atoms with van der Waals surface area (Å²) in [5.74, 6) is 0.492. The molecule has 0 saturated heterocycles. The van der Waals surface area contributed by atoms with E-state index in [9.17, 15) is 4.79 Å². The summed E-state index contributed by atoms with van der Waals surface area (Å²) >= 11 is 1.62. The number of likely N-dealkylation sites (N-methyl/N-ethyl adjacent to an activating group) is 1. The molecule has 0 radical (unpaired) electrons. The van der Waals surface area contributed by atoms with E-state index in [1.54, 1.807) is 28.6 Å². The van der Waals surface area contributed by atoms with Gasteiger partial charge in [0.15, 0.2) is 0 Å². The first-order valence-corrected chi connectivity index (χ1v) is 7.51. The van der Waals surface area contributed by atoms with Crippen LogP contribution in [0, 0.1) is 0 Å². The Morgan fingerprint density at radius 3 is 2.85 bits per heavy atom. The molecule has 0 saturated carbocycles. The lowest BCUT2D eigenvalue weighted by Crippen LogP contribution is -2.27. The summed E-state index contributed by atoms with van der Waals surface area (Å²) in [6.07, 6.45) is 3.87. The van der Waals surface area contributed by atoms with Crippen molar-refractivity contribution >= 4 is 17.2 Å². The highest BCUT2D eigenvalue weighted by Crippen LogP contribution is 2.19. The Kier molecular flexibility index (Phi) is 4.84. The maximum Gasteiger partial charge on any atom is 0.228 e. The van der Waals surface area contributed by atoms with Crippen molar-refractivity contribution in [2.75, 3.05) is 7.05 Å². The van der Waals surface area contributed by atoms with Crippen molar-refractivity contribution in [2.24, 2.45) is 0 Å². The van der Waals surface area contributed by atoms with Crippen LogP contribution < -0.4 is 0 Å². The van der Waals surface area contributed by atoms with Crippen LogP contribution in [0.2, 0.25) is 0 Å². The molecule has 0 aromatic carbocycles. The fourth-order valence-electron chi connectivity index (χ4n) is 1.81. The summed E-state index contributed by atoms with van der Waals surface area (Å²) in [6.45, 7) is 4.80. The fourth-order valence-corrected chi connectivity index (χ4v) is 2.65. The fraction of sp³-hybridized carbons (Fsp3) is 0.400. The molecule has 1 amide bonds. The number of aromatic nitrogens is 2. The lowest BCUT2D eigenvalue weighted by molar-refractivity contribution is -0.129. The van der Waals surface area contributed by atoms with Gasteiger partial charge in [0, 0.05) is 37.3 Å². The molecule has 0 aliphatic rings. The van der Waals surface area contributed by atoms with E-state index in [-0.39, 0.29) is 5.91 Å². The number of hydrogen-bond donors (Lipinski definition) is 0. The van der Waals surface area contributed by atoms with Gasteiger partial charge in [-0.1, -0.05) is 19.9 Å². The Labute approximate surface area is 123 Å². The highest BCUT2D eigenvalue weighted by molar-refractivity contribution is 7.09. The molecule has 0 fully saturated rings. The average Bonchev–Trinajstić information content (AvgIpc) is 2.88. The summed E-state index contributed by atoms with van der Waals surface area (Å²) in [7, 11) is 1.81. The third-order valence-electron chi connectivity index (χ3n) is 2.96. The van der Waals surface area contributed by atoms with Crippen LogP contribution in [-0.2, 0) is 17.8 Å². The molecular formula is C15H19N3OS. The number of nitrogens with zero attached hydrogens (tertiary/aromatic N) is 3. The van der Waals surface area contributed by atoms with Crippen LogP contribution >= 0.6 is 11.3 Å². The molecule has 0 unspecified atom stereocenters. The number of amides is 1. The molecule has 0 bridgehead atoms. The van der Waals surface area contributed by atoms with Crippen molar-refractivity contribution in [2.45, 2.75) is 32.7 Å². The molecule has 0 aliphatic carbocycles. The molecule has 5 heteroatoms. The van der Waals surface area contributed by atoms with Gasteiger partial charge in [0.05, 0.1) is 17.1 Å². The lowest BCUT2D eigenvalue weighted by atomic mass is 10.2. The van der Waals surface area contributed by atoms with Gasteiger partial charge < -0.3 is 4.90 Å². The molecule has 0 spiro atoms. The second kappa shape index (κ2) is 6.61. The molecule has 20 heavy (non-hydrogen) atoms. The standard InChI is InChI=1S/C15H19N3OS/c1-11(2)15-17-13(10-20-15)7-14(19)18(3)9-12-5-4-6-16-8-12/h4-6,8,10-11H,7,9H2,1-3H3. The van der Waals surface area contributed by atoms with E-state index in [1.165, 1.54) is 0 Å². The van der Waals surface area contributed by atoms with E-state index >= 15 is 0 Å². The van der Waals surface area contributed by atoms with Crippen molar-refractivity contribution in [3.05, 3.63) is 46.2 Å². The van der Waals surface area contributed by atoms with Crippen LogP contribution in [0.3, 0.4) is 0 Å². The first kappa shape index (κ1) is 14.7. The Morgan fingerprint density at radius 1 is 1.45 bits per heavy atom. The van der Waals surface area contributed by atoms with Crippen LogP contribution in [0.15, 0.2) is 29.9 Å². The van der Waals surface area contributed by atoms with Gasteiger partial charge in [0.2, 0.25) is 5.91 Å². The quantitative estimate of drug-likeness (QED) is 0.850. The number of rotatable bonds is 5. The van der Waals surface area contributed by atoms with Crippen molar-refractivity contribution in [1.29, 1.82) is 0 Å². The monoisotopic (exact) mass is 289 g/mol. The Hall–Kier alpha value is -1.75. The predicted octanol–water partition coefficient (Wildman–Crippen LogP) is 2.86. The minimum atomic E-state index is 0.0782. The third-order valence-corrected chi connectivity index (χ3v) is 4.16. The molecule has 2 aromatic rings. The van der Waals surface area contributed by atoms with Crippen LogP contribution in [0.4, 0.5) is 0 Å². The molecule has 0 aliphatic heterocycles. The van der Waals surface area contributed by atoms with E-state index in [0.717, 1.165) is 16.3 Å². The van der Waals surface area contributed by atoms with E-state index in [1.807, 2.05) is 24.6 Å². The largest absolute Gasteiger partial charge is 0.341 e. The van der Waals surface area contributed by atoms with E-state index in [4.69, 9.17) is 0 Å². The smallest absolute Gasteiger partial charge is 0.228 e. The summed E-state index contributed by atoms with van der Waals surface area (Å²) < 4.78 is 0. The van der Waals surface area contributed by atoms with Gasteiger partial charge in [-0.25, -0.2) is 4.98 Å². The number of carbonyl (C=O) groups is 1. The topological polar surface area (TPSA) is 46.1 Å². The number of thiazole rings is 1. The minimum absolute atomic E-state index is 0.0782. The lowest BCUT2D eigenvalue weighted by Gasteiger charge is -2.16. The van der Waals surface area contributed by atoms with Crippen LogP contribution in [0.25, 0.3) is 0 Å². The molecule has 106 valence electrons. The second-order valence-corrected chi connectivity index (χ2v) is 6.01. The van der Waals surface area contributed by atoms with Gasteiger partial charge in [-0.05, 0) is 11.6 Å². The highest BCUT2D eigenvalue weighted by Gasteiger charge is 2.13. The molecular weight excluding hydrogens is 270 g/mol. The van der Waals surface area contributed by atoms with Crippen LogP contribution in [0.1, 0.15) is 36.0 Å². The minimum Gasteiger partial charge on any atom is -0.341 e. The zero-order valence-electron chi connectivity index (χ0n) is 12.0. The van der Waals surface area contributed by atoms with Gasteiger partial charge >= 0.3 is 0 Å². The molecule has 4 nitrogen and oxygen atoms in total. The first-order chi connectivity index (χ1) is 9.56. The molecule has 2 rings (SSSR count). The zero-order chi connectivity index (χ0) is 14.5. The zero-order valence-corrected chi connectivity index (χ0v) is 12.9. The van der Waals surface area contributed by atoms with Gasteiger partial charge in [0.1, 0.15) is 0 Å². The van der Waals surface area contributed by atoms with E-state index in [2.05, 4.69) is 23.8 Å². The maximum absolute atomic E-state index is 12.2. The number of hydrogen-bond acceptors (Lipinski definition) is 4. The van der Waals surface area contributed by atoms with Gasteiger partial charge in [-0.2, -0.15) is 0 Å². The number of carbonyl (C=O) groups excluding carboxylic acids is 1. The Morgan fingerprint density at radius 2 is 2.25 bits per heavy atom. The van der Waals surface area contributed by atoms with Crippen molar-refractivity contribution < 1.29 is 4.79 Å². The Balaban J connectivity index is 1.93. The van der Waals surface area contributed by atoms with Crippen LogP contribution in [0.5, 0.6) is 0 Å². The summed E-state index contributed by atoms with van der Waals surface area (Å²) in [4.78, 5) is 22.4. The number of pyridine rings is 1. The molecule has 2 aromatic heterocycles. The first-order valence-electron chi connectivity index (χ1n) is 6.63. The van der Waals surface area contributed by atoms with Gasteiger partial charge in [0.25, 0.3) is 0 Å². The Bertz CT molecular complexity index is 566. The van der Waals surface area contributed by atoms with E-state index < -0.39 is 0 Å². The van der Waals surface area contributed by atoms with Crippen molar-refractivity contribution in [1.82, 2.24) is 14.9 Å². The van der Waals surface area contributed by atoms with Crippen LogP contribution in [-0.4, -0.2) is 27.8 Å². The van der Waals surface area contributed by atoms with Crippen molar-refractivity contribution in [3.63, 3.8) is 0 Å². The van der Waals surface area contributed by atoms with Crippen molar-refractivity contribution in [3.8, 4) is 0 Å². The molecule has 0 N–H and O–H groups in total. The second-order valence-electron chi connectivity index (χ2n) is 5.12. The highest BCUT2D eigenvalue weighted by atomic mass is 32.1.